The molecule has 6 rings (SSSR count). The van der Waals surface area contributed by atoms with Crippen molar-refractivity contribution in [3.8, 4) is 22.4 Å². The number of aromatic amines is 1. The number of amides is 1. The third-order valence-electron chi connectivity index (χ3n) is 6.86. The minimum absolute atomic E-state index is 0.234. The molecule has 5 aromatic rings. The number of nitrogens with one attached hydrogen (secondary N) is 1. The fourth-order valence-corrected chi connectivity index (χ4v) is 5.00. The lowest BCUT2D eigenvalue weighted by Gasteiger charge is -2.32. The lowest BCUT2D eigenvalue weighted by Crippen LogP contribution is -2.37. The number of benzene rings is 1. The minimum atomic E-state index is 0.234. The SMILES string of the molecule is CCC(=O)N1CCC(c2nc3c(-c4ccc(-c5ccccc5)nc4)cnn3c3[nH]ccc23)CC1. The topological polar surface area (TPSA) is 79.2 Å². The Bertz CT molecular complexity index is 1460. The van der Waals surface area contributed by atoms with E-state index in [0.717, 1.165) is 70.7 Å². The van der Waals surface area contributed by atoms with E-state index in [4.69, 9.17) is 9.97 Å². The van der Waals surface area contributed by atoms with E-state index in [9.17, 15) is 4.79 Å². The molecule has 0 radical (unpaired) electrons. The second-order valence-electron chi connectivity index (χ2n) is 8.84. The highest BCUT2D eigenvalue weighted by Gasteiger charge is 2.27. The maximum atomic E-state index is 12.1. The van der Waals surface area contributed by atoms with E-state index >= 15 is 0 Å². The van der Waals surface area contributed by atoms with Gasteiger partial charge in [0.25, 0.3) is 0 Å². The molecule has 0 spiro atoms. The van der Waals surface area contributed by atoms with Gasteiger partial charge in [-0.3, -0.25) is 9.78 Å². The third kappa shape index (κ3) is 3.44. The summed E-state index contributed by atoms with van der Waals surface area (Å²) < 4.78 is 1.88. The molecule has 5 heterocycles. The number of fused-ring (bicyclic) bond motifs is 3. The van der Waals surface area contributed by atoms with Crippen molar-refractivity contribution in [1.82, 2.24) is 29.5 Å². The van der Waals surface area contributed by atoms with Crippen LogP contribution in [0.2, 0.25) is 0 Å². The van der Waals surface area contributed by atoms with E-state index in [2.05, 4.69) is 34.3 Å². The zero-order valence-corrected chi connectivity index (χ0v) is 19.1. The molecule has 7 nitrogen and oxygen atoms in total. The lowest BCUT2D eigenvalue weighted by molar-refractivity contribution is -0.131. The second kappa shape index (κ2) is 8.41. The number of piperidine rings is 1. The van der Waals surface area contributed by atoms with Crippen LogP contribution in [-0.4, -0.2) is 48.5 Å². The number of rotatable bonds is 4. The second-order valence-corrected chi connectivity index (χ2v) is 8.84. The number of pyridine rings is 1. The molecule has 34 heavy (non-hydrogen) atoms. The van der Waals surface area contributed by atoms with Crippen molar-refractivity contribution in [2.24, 2.45) is 0 Å². The average Bonchev–Trinajstić information content (AvgIpc) is 3.56. The molecule has 7 heteroatoms. The van der Waals surface area contributed by atoms with Crippen molar-refractivity contribution in [3.63, 3.8) is 0 Å². The highest BCUT2D eigenvalue weighted by atomic mass is 16.2. The molecule has 1 aromatic carbocycles. The van der Waals surface area contributed by atoms with Crippen molar-refractivity contribution >= 4 is 22.6 Å². The molecule has 0 saturated carbocycles. The molecule has 1 amide bonds. The van der Waals surface area contributed by atoms with Crippen LogP contribution in [0.1, 0.15) is 37.8 Å². The van der Waals surface area contributed by atoms with Crippen molar-refractivity contribution in [2.75, 3.05) is 13.1 Å². The Morgan fingerprint density at radius 3 is 2.59 bits per heavy atom. The van der Waals surface area contributed by atoms with Gasteiger partial charge in [0.05, 0.1) is 17.6 Å². The molecule has 1 saturated heterocycles. The van der Waals surface area contributed by atoms with Crippen LogP contribution < -0.4 is 0 Å². The predicted octanol–water partition coefficient (Wildman–Crippen LogP) is 5.06. The van der Waals surface area contributed by atoms with Crippen LogP contribution in [0.25, 0.3) is 39.1 Å². The molecule has 0 unspecified atom stereocenters. The van der Waals surface area contributed by atoms with Crippen molar-refractivity contribution < 1.29 is 4.79 Å². The van der Waals surface area contributed by atoms with Crippen LogP contribution in [0.15, 0.2) is 67.1 Å². The van der Waals surface area contributed by atoms with Crippen LogP contribution >= 0.6 is 0 Å². The van der Waals surface area contributed by atoms with E-state index in [1.165, 1.54) is 0 Å². The monoisotopic (exact) mass is 450 g/mol. The van der Waals surface area contributed by atoms with Crippen LogP contribution in [0.5, 0.6) is 0 Å². The quantitative estimate of drug-likeness (QED) is 0.415. The van der Waals surface area contributed by atoms with Gasteiger partial charge >= 0.3 is 0 Å². The summed E-state index contributed by atoms with van der Waals surface area (Å²) >= 11 is 0. The summed E-state index contributed by atoms with van der Waals surface area (Å²) in [6, 6.07) is 16.4. The summed E-state index contributed by atoms with van der Waals surface area (Å²) in [6.07, 6.45) is 8.12. The largest absolute Gasteiger partial charge is 0.346 e. The van der Waals surface area contributed by atoms with E-state index in [1.54, 1.807) is 0 Å². The average molecular weight is 451 g/mol. The van der Waals surface area contributed by atoms with Crippen LogP contribution in [0.4, 0.5) is 0 Å². The summed E-state index contributed by atoms with van der Waals surface area (Å²) in [7, 11) is 0. The van der Waals surface area contributed by atoms with Crippen LogP contribution in [-0.2, 0) is 4.79 Å². The smallest absolute Gasteiger partial charge is 0.222 e. The Morgan fingerprint density at radius 1 is 1.03 bits per heavy atom. The summed E-state index contributed by atoms with van der Waals surface area (Å²) in [4.78, 5) is 27.3. The van der Waals surface area contributed by atoms with Crippen molar-refractivity contribution in [1.29, 1.82) is 0 Å². The summed E-state index contributed by atoms with van der Waals surface area (Å²) in [5.41, 5.74) is 6.84. The number of H-pyrrole nitrogens is 1. The van der Waals surface area contributed by atoms with Crippen molar-refractivity contribution in [3.05, 3.63) is 72.8 Å². The summed E-state index contributed by atoms with van der Waals surface area (Å²) in [6.45, 7) is 3.50. The van der Waals surface area contributed by atoms with Crippen LogP contribution in [0, 0.1) is 0 Å². The Hall–Kier alpha value is -4.00. The van der Waals surface area contributed by atoms with Gasteiger partial charge in [-0.1, -0.05) is 43.3 Å². The van der Waals surface area contributed by atoms with E-state index in [1.807, 2.05) is 59.2 Å². The molecule has 1 N–H and O–H groups in total. The van der Waals surface area contributed by atoms with E-state index < -0.39 is 0 Å². The highest BCUT2D eigenvalue weighted by Crippen LogP contribution is 2.34. The number of hydrogen-bond acceptors (Lipinski definition) is 4. The fraction of sp³-hybridized carbons (Fsp3) is 0.259. The fourth-order valence-electron chi connectivity index (χ4n) is 5.00. The number of hydrogen-bond donors (Lipinski definition) is 1. The first kappa shape index (κ1) is 20.6. The van der Waals surface area contributed by atoms with E-state index in [0.29, 0.717) is 12.3 Å². The molecule has 1 aliphatic rings. The van der Waals surface area contributed by atoms with Gasteiger partial charge in [0, 0.05) is 59.9 Å². The maximum absolute atomic E-state index is 12.1. The number of carbonyl (C=O) groups excluding carboxylic acids is 1. The van der Waals surface area contributed by atoms with Gasteiger partial charge in [0.15, 0.2) is 5.65 Å². The first-order chi connectivity index (χ1) is 16.7. The molecule has 1 aliphatic heterocycles. The highest BCUT2D eigenvalue weighted by molar-refractivity contribution is 5.86. The molecule has 1 fully saturated rings. The molecule has 170 valence electrons. The Kier molecular flexibility index (Phi) is 5.09. The van der Waals surface area contributed by atoms with E-state index in [-0.39, 0.29) is 5.91 Å². The maximum Gasteiger partial charge on any atom is 0.222 e. The van der Waals surface area contributed by atoms with Gasteiger partial charge in [-0.15, -0.1) is 0 Å². The number of likely N-dealkylation sites (tertiary alicyclic amines) is 1. The molecule has 0 bridgehead atoms. The zero-order valence-electron chi connectivity index (χ0n) is 19.1. The minimum Gasteiger partial charge on any atom is -0.346 e. The molecular weight excluding hydrogens is 424 g/mol. The summed E-state index contributed by atoms with van der Waals surface area (Å²) in [5, 5.41) is 5.75. The number of carbonyl (C=O) groups is 1. The third-order valence-corrected chi connectivity index (χ3v) is 6.86. The molecule has 0 atom stereocenters. The first-order valence-electron chi connectivity index (χ1n) is 11.9. The number of aromatic nitrogens is 5. The molecule has 4 aromatic heterocycles. The van der Waals surface area contributed by atoms with Gasteiger partial charge in [0.1, 0.15) is 5.65 Å². The normalized spacial score (nSPS) is 14.8. The Morgan fingerprint density at radius 2 is 1.85 bits per heavy atom. The lowest BCUT2D eigenvalue weighted by atomic mass is 9.91. The first-order valence-corrected chi connectivity index (χ1v) is 11.9. The molecule has 0 aliphatic carbocycles. The van der Waals surface area contributed by atoms with Gasteiger partial charge in [-0.05, 0) is 25.0 Å². The number of nitrogens with zero attached hydrogens (tertiary/aromatic N) is 5. The van der Waals surface area contributed by atoms with Gasteiger partial charge < -0.3 is 9.88 Å². The predicted molar refractivity (Wildman–Crippen MR) is 132 cm³/mol. The Labute approximate surface area is 197 Å². The summed E-state index contributed by atoms with van der Waals surface area (Å²) in [5.74, 6) is 0.545. The van der Waals surface area contributed by atoms with Gasteiger partial charge in [0.2, 0.25) is 5.91 Å². The Balaban J connectivity index is 1.38. The zero-order chi connectivity index (χ0) is 23.1. The van der Waals surface area contributed by atoms with Crippen LogP contribution in [0.3, 0.4) is 0 Å². The standard InChI is InChI=1S/C27H26N6O/c1-2-24(34)32-14-11-19(12-15-32)25-21-10-13-28-26(21)33-27(31-25)22(17-30-33)20-8-9-23(29-16-20)18-6-4-3-5-7-18/h3-10,13,16-17,19,28H,2,11-12,14-15H2,1H3. The van der Waals surface area contributed by atoms with Gasteiger partial charge in [-0.2, -0.15) is 9.61 Å². The van der Waals surface area contributed by atoms with Gasteiger partial charge in [-0.25, -0.2) is 4.98 Å². The molecular formula is C27H26N6O. The van der Waals surface area contributed by atoms with Crippen molar-refractivity contribution in [2.45, 2.75) is 32.1 Å².